The molecule has 0 amide bonds. The number of hydrogen-bond donors (Lipinski definition) is 0. The smallest absolute Gasteiger partial charge is 0.0494 e. The zero-order chi connectivity index (χ0) is 12.3. The number of rotatable bonds is 10. The van der Waals surface area contributed by atoms with Gasteiger partial charge in [0.25, 0.3) is 0 Å². The minimum absolute atomic E-state index is 0.775. The lowest BCUT2D eigenvalue weighted by Gasteiger charge is -2.14. The Morgan fingerprint density at radius 1 is 1.29 bits per heavy atom. The highest BCUT2D eigenvalue weighted by Gasteiger charge is 2.05. The summed E-state index contributed by atoms with van der Waals surface area (Å²) in [5.41, 5.74) is 0. The quantitative estimate of drug-likeness (QED) is 0.539. The van der Waals surface area contributed by atoms with Crippen LogP contribution in [0, 0.1) is 5.92 Å². The summed E-state index contributed by atoms with van der Waals surface area (Å²) in [7, 11) is 0. The van der Waals surface area contributed by atoms with Gasteiger partial charge in [0.15, 0.2) is 0 Å². The standard InChI is InChI=1S/C15H26OS/c1-3-5-8-14(4-2)13-16-11-6-9-15-10-7-12-17-15/h7,10,12,14H,3-6,8-9,11,13H2,1-2H3. The van der Waals surface area contributed by atoms with Crippen LogP contribution in [0.2, 0.25) is 0 Å². The topological polar surface area (TPSA) is 9.23 Å². The summed E-state index contributed by atoms with van der Waals surface area (Å²) < 4.78 is 5.79. The average molecular weight is 254 g/mol. The highest BCUT2D eigenvalue weighted by molar-refractivity contribution is 7.09. The summed E-state index contributed by atoms with van der Waals surface area (Å²) in [6.45, 7) is 6.41. The molecule has 0 spiro atoms. The fourth-order valence-corrected chi connectivity index (χ4v) is 2.70. The third kappa shape index (κ3) is 6.85. The first-order valence-corrected chi connectivity index (χ1v) is 7.84. The molecular formula is C15H26OS. The van der Waals surface area contributed by atoms with Gasteiger partial charge in [-0.2, -0.15) is 0 Å². The van der Waals surface area contributed by atoms with Crippen LogP contribution >= 0.6 is 11.3 Å². The maximum absolute atomic E-state index is 5.79. The minimum Gasteiger partial charge on any atom is -0.381 e. The Labute approximate surface area is 110 Å². The van der Waals surface area contributed by atoms with E-state index in [0.717, 1.165) is 25.6 Å². The van der Waals surface area contributed by atoms with Crippen molar-refractivity contribution >= 4 is 11.3 Å². The molecule has 2 heteroatoms. The van der Waals surface area contributed by atoms with Crippen LogP contribution in [-0.2, 0) is 11.2 Å². The molecule has 0 aliphatic carbocycles. The second kappa shape index (κ2) is 9.67. The summed E-state index contributed by atoms with van der Waals surface area (Å²) in [6, 6.07) is 4.33. The van der Waals surface area contributed by atoms with Crippen molar-refractivity contribution in [2.24, 2.45) is 5.92 Å². The molecule has 1 rings (SSSR count). The Morgan fingerprint density at radius 3 is 2.82 bits per heavy atom. The molecule has 1 unspecified atom stereocenters. The Hall–Kier alpha value is -0.340. The molecule has 98 valence electrons. The first-order valence-electron chi connectivity index (χ1n) is 6.97. The lowest BCUT2D eigenvalue weighted by molar-refractivity contribution is 0.0924. The number of hydrogen-bond acceptors (Lipinski definition) is 2. The lowest BCUT2D eigenvalue weighted by Crippen LogP contribution is -2.09. The van der Waals surface area contributed by atoms with Gasteiger partial charge in [0, 0.05) is 18.1 Å². The molecule has 1 aromatic heterocycles. The number of thiophene rings is 1. The van der Waals surface area contributed by atoms with Gasteiger partial charge in [-0.1, -0.05) is 39.2 Å². The van der Waals surface area contributed by atoms with E-state index >= 15 is 0 Å². The van der Waals surface area contributed by atoms with E-state index in [0.29, 0.717) is 0 Å². The fourth-order valence-electron chi connectivity index (χ4n) is 1.95. The number of ether oxygens (including phenoxy) is 1. The highest BCUT2D eigenvalue weighted by atomic mass is 32.1. The molecule has 0 N–H and O–H groups in total. The molecule has 0 saturated carbocycles. The molecule has 0 aliphatic rings. The Balaban J connectivity index is 1.98. The molecular weight excluding hydrogens is 228 g/mol. The van der Waals surface area contributed by atoms with Crippen LogP contribution < -0.4 is 0 Å². The zero-order valence-corrected chi connectivity index (χ0v) is 12.1. The molecule has 0 fully saturated rings. The van der Waals surface area contributed by atoms with Gasteiger partial charge >= 0.3 is 0 Å². The van der Waals surface area contributed by atoms with E-state index in [1.54, 1.807) is 0 Å². The SMILES string of the molecule is CCCCC(CC)COCCCc1cccs1. The third-order valence-electron chi connectivity index (χ3n) is 3.19. The van der Waals surface area contributed by atoms with Gasteiger partial charge < -0.3 is 4.74 Å². The Morgan fingerprint density at radius 2 is 2.18 bits per heavy atom. The van der Waals surface area contributed by atoms with E-state index in [1.165, 1.54) is 37.0 Å². The van der Waals surface area contributed by atoms with Crippen LogP contribution in [0.25, 0.3) is 0 Å². The molecule has 1 heterocycles. The predicted molar refractivity (Wildman–Crippen MR) is 76.8 cm³/mol. The van der Waals surface area contributed by atoms with Crippen molar-refractivity contribution < 1.29 is 4.74 Å². The molecule has 0 aliphatic heterocycles. The fraction of sp³-hybridized carbons (Fsp3) is 0.733. The van der Waals surface area contributed by atoms with Gasteiger partial charge in [0.05, 0.1) is 0 Å². The summed E-state index contributed by atoms with van der Waals surface area (Å²) >= 11 is 1.85. The largest absolute Gasteiger partial charge is 0.381 e. The first kappa shape index (κ1) is 14.7. The van der Waals surface area contributed by atoms with Crippen LogP contribution in [0.1, 0.15) is 50.8 Å². The normalized spacial score (nSPS) is 12.8. The molecule has 0 aromatic carbocycles. The van der Waals surface area contributed by atoms with E-state index in [4.69, 9.17) is 4.74 Å². The van der Waals surface area contributed by atoms with Gasteiger partial charge in [-0.05, 0) is 36.6 Å². The Bertz CT molecular complexity index is 256. The predicted octanol–water partition coefficient (Wildman–Crippen LogP) is 4.91. The summed E-state index contributed by atoms with van der Waals surface area (Å²) in [5, 5.41) is 2.15. The maximum atomic E-state index is 5.79. The molecule has 0 saturated heterocycles. The van der Waals surface area contributed by atoms with Gasteiger partial charge in [0.1, 0.15) is 0 Å². The van der Waals surface area contributed by atoms with Crippen molar-refractivity contribution in [2.45, 2.75) is 52.4 Å². The van der Waals surface area contributed by atoms with Crippen LogP contribution in [0.15, 0.2) is 17.5 Å². The molecule has 0 radical (unpaired) electrons. The van der Waals surface area contributed by atoms with Crippen molar-refractivity contribution in [1.82, 2.24) is 0 Å². The summed E-state index contributed by atoms with van der Waals surface area (Å²) in [4.78, 5) is 1.48. The minimum atomic E-state index is 0.775. The van der Waals surface area contributed by atoms with Gasteiger partial charge in [-0.15, -0.1) is 11.3 Å². The maximum Gasteiger partial charge on any atom is 0.0494 e. The number of aryl methyl sites for hydroxylation is 1. The first-order chi connectivity index (χ1) is 8.36. The van der Waals surface area contributed by atoms with Crippen molar-refractivity contribution in [1.29, 1.82) is 0 Å². The summed E-state index contributed by atoms with van der Waals surface area (Å²) in [5.74, 6) is 0.775. The van der Waals surface area contributed by atoms with Gasteiger partial charge in [-0.25, -0.2) is 0 Å². The van der Waals surface area contributed by atoms with Crippen LogP contribution in [0.5, 0.6) is 0 Å². The molecule has 1 nitrogen and oxygen atoms in total. The van der Waals surface area contributed by atoms with E-state index < -0.39 is 0 Å². The lowest BCUT2D eigenvalue weighted by atomic mass is 10.0. The van der Waals surface area contributed by atoms with E-state index in [-0.39, 0.29) is 0 Å². The van der Waals surface area contributed by atoms with E-state index in [2.05, 4.69) is 31.4 Å². The van der Waals surface area contributed by atoms with Crippen molar-refractivity contribution in [3.63, 3.8) is 0 Å². The van der Waals surface area contributed by atoms with Gasteiger partial charge in [0.2, 0.25) is 0 Å². The van der Waals surface area contributed by atoms with E-state index in [9.17, 15) is 0 Å². The third-order valence-corrected chi connectivity index (χ3v) is 4.12. The second-order valence-corrected chi connectivity index (χ2v) is 5.71. The molecule has 1 aromatic rings. The highest BCUT2D eigenvalue weighted by Crippen LogP contribution is 2.14. The van der Waals surface area contributed by atoms with Crippen molar-refractivity contribution in [3.8, 4) is 0 Å². The second-order valence-electron chi connectivity index (χ2n) is 4.67. The van der Waals surface area contributed by atoms with Crippen molar-refractivity contribution in [3.05, 3.63) is 22.4 Å². The van der Waals surface area contributed by atoms with Crippen LogP contribution in [-0.4, -0.2) is 13.2 Å². The molecule has 17 heavy (non-hydrogen) atoms. The zero-order valence-electron chi connectivity index (χ0n) is 11.3. The van der Waals surface area contributed by atoms with Gasteiger partial charge in [-0.3, -0.25) is 0 Å². The average Bonchev–Trinajstić information content (AvgIpc) is 2.85. The van der Waals surface area contributed by atoms with Crippen LogP contribution in [0.4, 0.5) is 0 Å². The van der Waals surface area contributed by atoms with Crippen molar-refractivity contribution in [2.75, 3.05) is 13.2 Å². The Kier molecular flexibility index (Phi) is 8.37. The molecule has 0 bridgehead atoms. The monoisotopic (exact) mass is 254 g/mol. The van der Waals surface area contributed by atoms with E-state index in [1.807, 2.05) is 11.3 Å². The van der Waals surface area contributed by atoms with Crippen LogP contribution in [0.3, 0.4) is 0 Å². The summed E-state index contributed by atoms with van der Waals surface area (Å²) in [6.07, 6.45) is 7.56. The molecule has 1 atom stereocenters. The number of unbranched alkanes of at least 4 members (excludes halogenated alkanes) is 1.